The molecule has 0 aliphatic carbocycles. The highest BCUT2D eigenvalue weighted by Crippen LogP contribution is 2.43. The molecule has 2 aromatic heterocycles. The summed E-state index contributed by atoms with van der Waals surface area (Å²) in [6, 6.07) is 2.24. The van der Waals surface area contributed by atoms with Crippen molar-refractivity contribution in [2.75, 3.05) is 19.8 Å². The Bertz CT molecular complexity index is 1350. The van der Waals surface area contributed by atoms with E-state index in [9.17, 15) is 24.3 Å². The molecule has 15 heteroatoms. The van der Waals surface area contributed by atoms with Crippen molar-refractivity contribution in [2.24, 2.45) is 0 Å². The molecule has 0 amide bonds. The van der Waals surface area contributed by atoms with Crippen molar-refractivity contribution in [3.05, 3.63) is 91.5 Å². The second kappa shape index (κ2) is 13.6. The molecule has 2 aliphatic rings. The Kier molecular flexibility index (Phi) is 10.7. The van der Waals surface area contributed by atoms with E-state index in [1.807, 2.05) is 11.9 Å². The average Bonchev–Trinajstić information content (AvgIpc) is 3.34. The van der Waals surface area contributed by atoms with E-state index in [2.05, 4.69) is 18.1 Å². The van der Waals surface area contributed by atoms with Crippen molar-refractivity contribution in [1.82, 2.24) is 19.1 Å². The predicted molar refractivity (Wildman–Crippen MR) is 147 cm³/mol. The standard InChI is InChI=1S/C14H19FN2O4.C13H17FN2O5/c1-4-8-20-11-9(5-2)21-12(14(11,3)15)17-7-6-10(18)16-13(17)19;1-3-6-20-10-8(7-17)21-11(13(10,2)14)16-5-4-9(18)15-12(16)19/h4,6-7,9,11-12H,1,5,8H2,2-3H3,(H,16,18,19);3-5,8,10-11,17H,1,6-7H2,2H3,(H,15,18,19)/t9-,11-,12-,14-;8-,10-,11-,13-/m11/s1. The largest absolute Gasteiger partial charge is 0.394 e. The van der Waals surface area contributed by atoms with Crippen LogP contribution < -0.4 is 22.5 Å². The number of aliphatic hydroxyl groups excluding tert-OH is 1. The number of H-pyrrole nitrogens is 2. The quantitative estimate of drug-likeness (QED) is 0.336. The number of aliphatic hydroxyl groups is 1. The van der Waals surface area contributed by atoms with E-state index in [1.165, 1.54) is 32.2 Å². The molecule has 2 aliphatic heterocycles. The molecule has 3 N–H and O–H groups in total. The van der Waals surface area contributed by atoms with E-state index in [1.54, 1.807) is 0 Å². The molecule has 2 fully saturated rings. The number of rotatable bonds is 10. The highest BCUT2D eigenvalue weighted by atomic mass is 19.1. The molecule has 0 aromatic carbocycles. The minimum Gasteiger partial charge on any atom is -0.394 e. The molecule has 232 valence electrons. The highest BCUT2D eigenvalue weighted by Gasteiger charge is 2.57. The minimum atomic E-state index is -2.07. The minimum absolute atomic E-state index is 0.0806. The zero-order valence-electron chi connectivity index (χ0n) is 23.5. The summed E-state index contributed by atoms with van der Waals surface area (Å²) in [4.78, 5) is 49.9. The maximum atomic E-state index is 15.1. The van der Waals surface area contributed by atoms with Crippen LogP contribution in [0, 0.1) is 0 Å². The number of halogens is 2. The topological polar surface area (TPSA) is 167 Å². The molecule has 0 unspecified atom stereocenters. The first-order valence-electron chi connectivity index (χ1n) is 13.2. The number of nitrogens with zero attached hydrogens (tertiary/aromatic N) is 2. The zero-order chi connectivity index (χ0) is 31.2. The van der Waals surface area contributed by atoms with Crippen molar-refractivity contribution in [2.45, 2.75) is 75.4 Å². The van der Waals surface area contributed by atoms with Gasteiger partial charge in [-0.15, -0.1) is 13.2 Å². The Labute approximate surface area is 239 Å². The number of aromatic amines is 2. The van der Waals surface area contributed by atoms with Crippen LogP contribution in [0.3, 0.4) is 0 Å². The molecule has 4 heterocycles. The van der Waals surface area contributed by atoms with Crippen molar-refractivity contribution in [3.63, 3.8) is 0 Å². The molecular formula is C27H36F2N4O9. The lowest BCUT2D eigenvalue weighted by Crippen LogP contribution is -2.45. The summed E-state index contributed by atoms with van der Waals surface area (Å²) in [7, 11) is 0. The molecule has 0 saturated carbocycles. The first kappa shape index (κ1) is 33.0. The molecule has 13 nitrogen and oxygen atoms in total. The fourth-order valence-corrected chi connectivity index (χ4v) is 4.98. The van der Waals surface area contributed by atoms with E-state index >= 15 is 8.78 Å². The molecule has 4 rings (SSSR count). The van der Waals surface area contributed by atoms with Gasteiger partial charge in [-0.1, -0.05) is 19.1 Å². The maximum absolute atomic E-state index is 15.1. The van der Waals surface area contributed by atoms with Crippen LogP contribution in [0.15, 0.2) is 69.0 Å². The summed E-state index contributed by atoms with van der Waals surface area (Å²) in [5.41, 5.74) is -6.62. The summed E-state index contributed by atoms with van der Waals surface area (Å²) in [5, 5.41) is 9.30. The van der Waals surface area contributed by atoms with Gasteiger partial charge in [0.05, 0.1) is 25.9 Å². The van der Waals surface area contributed by atoms with Crippen molar-refractivity contribution < 1.29 is 32.8 Å². The Morgan fingerprint density at radius 1 is 0.881 bits per heavy atom. The van der Waals surface area contributed by atoms with Crippen LogP contribution in [0.25, 0.3) is 0 Å². The van der Waals surface area contributed by atoms with Crippen LogP contribution >= 0.6 is 0 Å². The smallest absolute Gasteiger partial charge is 0.330 e. The van der Waals surface area contributed by atoms with Gasteiger partial charge in [-0.05, 0) is 20.3 Å². The first-order valence-corrected chi connectivity index (χ1v) is 13.2. The normalized spacial score (nSPS) is 32.2. The highest BCUT2D eigenvalue weighted by molar-refractivity contribution is 5.03. The summed E-state index contributed by atoms with van der Waals surface area (Å²) >= 11 is 0. The molecular weight excluding hydrogens is 562 g/mol. The lowest BCUT2D eigenvalue weighted by atomic mass is 9.97. The SMILES string of the molecule is C=CCO[C@@H]1[C@@H](CC)O[C@@H](n2ccc(=O)[nH]c2=O)[C@]1(C)F.C=CCO[C@@H]1[C@@H](CO)O[C@@H](n2ccc(=O)[nH]c2=O)[C@]1(C)F. The summed E-state index contributed by atoms with van der Waals surface area (Å²) in [5.74, 6) is 0. The fraction of sp³-hybridized carbons (Fsp3) is 0.556. The second-order valence-corrected chi connectivity index (χ2v) is 10.1. The van der Waals surface area contributed by atoms with Crippen LogP contribution in [0.4, 0.5) is 8.78 Å². The zero-order valence-corrected chi connectivity index (χ0v) is 23.5. The molecule has 2 saturated heterocycles. The van der Waals surface area contributed by atoms with Gasteiger partial charge in [0.2, 0.25) is 0 Å². The van der Waals surface area contributed by atoms with Crippen LogP contribution in [-0.2, 0) is 18.9 Å². The van der Waals surface area contributed by atoms with Gasteiger partial charge in [-0.3, -0.25) is 28.7 Å². The van der Waals surface area contributed by atoms with E-state index < -0.39 is 77.3 Å². The third-order valence-corrected chi connectivity index (χ3v) is 6.94. The van der Waals surface area contributed by atoms with E-state index in [0.717, 1.165) is 27.5 Å². The monoisotopic (exact) mass is 598 g/mol. The molecule has 2 aromatic rings. The van der Waals surface area contributed by atoms with Gasteiger partial charge in [-0.25, -0.2) is 18.4 Å². The summed E-state index contributed by atoms with van der Waals surface area (Å²) < 4.78 is 54.0. The number of hydrogen-bond donors (Lipinski definition) is 3. The van der Waals surface area contributed by atoms with Gasteiger partial charge < -0.3 is 24.1 Å². The molecule has 0 radical (unpaired) electrons. The lowest BCUT2D eigenvalue weighted by molar-refractivity contribution is -0.0614. The first-order chi connectivity index (χ1) is 19.8. The predicted octanol–water partition coefficient (Wildman–Crippen LogP) is 0.869. The third-order valence-electron chi connectivity index (χ3n) is 6.94. The molecule has 0 spiro atoms. The van der Waals surface area contributed by atoms with Gasteiger partial charge in [0.15, 0.2) is 23.8 Å². The van der Waals surface area contributed by atoms with E-state index in [-0.39, 0.29) is 13.2 Å². The van der Waals surface area contributed by atoms with Crippen LogP contribution in [0.5, 0.6) is 0 Å². The van der Waals surface area contributed by atoms with E-state index in [4.69, 9.17) is 18.9 Å². The average molecular weight is 599 g/mol. The lowest BCUT2D eigenvalue weighted by Gasteiger charge is -2.27. The van der Waals surface area contributed by atoms with Crippen molar-refractivity contribution >= 4 is 0 Å². The summed E-state index contributed by atoms with van der Waals surface area (Å²) in [6.45, 7) is 11.2. The number of alkyl halides is 2. The fourth-order valence-electron chi connectivity index (χ4n) is 4.98. The number of nitrogens with one attached hydrogen (secondary N) is 2. The van der Waals surface area contributed by atoms with Gasteiger partial charge >= 0.3 is 11.4 Å². The third kappa shape index (κ3) is 6.76. The molecule has 8 atom stereocenters. The Balaban J connectivity index is 0.000000230. The number of aromatic nitrogens is 4. The Hall–Kier alpha value is -3.50. The Morgan fingerprint density at radius 3 is 1.64 bits per heavy atom. The van der Waals surface area contributed by atoms with E-state index in [0.29, 0.717) is 6.42 Å². The van der Waals surface area contributed by atoms with Crippen molar-refractivity contribution in [1.29, 1.82) is 0 Å². The molecule has 0 bridgehead atoms. The van der Waals surface area contributed by atoms with Crippen LogP contribution in [-0.4, -0.2) is 79.8 Å². The second-order valence-electron chi connectivity index (χ2n) is 10.1. The number of hydrogen-bond acceptors (Lipinski definition) is 9. The maximum Gasteiger partial charge on any atom is 0.330 e. The van der Waals surface area contributed by atoms with Gasteiger partial charge in [0.1, 0.15) is 18.3 Å². The van der Waals surface area contributed by atoms with Gasteiger partial charge in [0.25, 0.3) is 11.1 Å². The van der Waals surface area contributed by atoms with Crippen LogP contribution in [0.2, 0.25) is 0 Å². The van der Waals surface area contributed by atoms with Crippen molar-refractivity contribution in [3.8, 4) is 0 Å². The number of ether oxygens (including phenoxy) is 4. The Morgan fingerprint density at radius 2 is 1.29 bits per heavy atom. The molecule has 42 heavy (non-hydrogen) atoms. The van der Waals surface area contributed by atoms with Crippen LogP contribution in [0.1, 0.15) is 39.6 Å². The summed E-state index contributed by atoms with van der Waals surface area (Å²) in [6.07, 6.45) is 0.138. The van der Waals surface area contributed by atoms with Gasteiger partial charge in [0, 0.05) is 24.5 Å². The van der Waals surface area contributed by atoms with Gasteiger partial charge in [-0.2, -0.15) is 0 Å².